The van der Waals surface area contributed by atoms with Gasteiger partial charge >= 0.3 is 6.55 Å². The molecule has 40 heavy (non-hydrogen) atoms. The Kier molecular flexibility index (Phi) is 8.19. The number of ether oxygens (including phenoxy) is 1. The van der Waals surface area contributed by atoms with E-state index in [1.165, 1.54) is 37.6 Å². The first-order valence-corrected chi connectivity index (χ1v) is 13.9. The summed E-state index contributed by atoms with van der Waals surface area (Å²) < 4.78 is 47.7. The molecule has 2 atom stereocenters. The second-order valence-corrected chi connectivity index (χ2v) is 11.1. The van der Waals surface area contributed by atoms with Crippen LogP contribution in [0.3, 0.4) is 0 Å². The molecule has 2 aromatic carbocycles. The lowest BCUT2D eigenvalue weighted by Gasteiger charge is -2.24. The lowest BCUT2D eigenvalue weighted by atomic mass is 9.89. The number of carbonyl (C=O) groups excluding carboxylic acids is 1. The Labute approximate surface area is 232 Å². The minimum absolute atomic E-state index is 0.0900. The highest BCUT2D eigenvalue weighted by Gasteiger charge is 2.26. The molecule has 1 unspecified atom stereocenters. The van der Waals surface area contributed by atoms with Crippen LogP contribution in [0.4, 0.5) is 24.5 Å². The summed E-state index contributed by atoms with van der Waals surface area (Å²) in [7, 11) is 0. The van der Waals surface area contributed by atoms with Gasteiger partial charge in [-0.25, -0.2) is 9.07 Å². The molecule has 0 bridgehead atoms. The van der Waals surface area contributed by atoms with E-state index in [1.54, 1.807) is 0 Å². The van der Waals surface area contributed by atoms with Crippen molar-refractivity contribution in [1.82, 2.24) is 9.78 Å². The summed E-state index contributed by atoms with van der Waals surface area (Å²) >= 11 is 0. The summed E-state index contributed by atoms with van der Waals surface area (Å²) in [6, 6.07) is 10.2. The molecule has 1 aliphatic carbocycles. The van der Waals surface area contributed by atoms with Gasteiger partial charge in [0.15, 0.2) is 0 Å². The van der Waals surface area contributed by atoms with Crippen molar-refractivity contribution in [1.29, 1.82) is 0 Å². The quantitative estimate of drug-likeness (QED) is 0.292. The maximum atomic E-state index is 14.9. The summed E-state index contributed by atoms with van der Waals surface area (Å²) in [4.78, 5) is 13.5. The van der Waals surface area contributed by atoms with Gasteiger partial charge in [0.2, 0.25) is 0 Å². The number of alkyl halides is 2. The molecule has 1 amide bonds. The second kappa shape index (κ2) is 11.8. The summed E-state index contributed by atoms with van der Waals surface area (Å²) in [5.74, 6) is 1.30. The molecule has 1 aromatic heterocycles. The maximum Gasteiger partial charge on any atom is 0.333 e. The van der Waals surface area contributed by atoms with Crippen LogP contribution in [0.2, 0.25) is 0 Å². The Morgan fingerprint density at radius 3 is 2.58 bits per heavy atom. The van der Waals surface area contributed by atoms with Crippen molar-refractivity contribution in [3.05, 3.63) is 65.7 Å². The van der Waals surface area contributed by atoms with Crippen LogP contribution in [-0.4, -0.2) is 28.3 Å². The Morgan fingerprint density at radius 1 is 1.10 bits per heavy atom. The van der Waals surface area contributed by atoms with E-state index in [1.807, 2.05) is 31.2 Å². The lowest BCUT2D eigenvalue weighted by molar-refractivity contribution is -0.111. The summed E-state index contributed by atoms with van der Waals surface area (Å²) in [6.45, 7) is 3.96. The highest BCUT2D eigenvalue weighted by Crippen LogP contribution is 2.37. The van der Waals surface area contributed by atoms with Gasteiger partial charge in [-0.1, -0.05) is 20.3 Å². The Morgan fingerprint density at radius 2 is 1.88 bits per heavy atom. The number of rotatable bonds is 7. The zero-order valence-corrected chi connectivity index (χ0v) is 23.0. The molecule has 2 aliphatic rings. The average molecular weight is 553 g/mol. The molecule has 1 aliphatic heterocycles. The third kappa shape index (κ3) is 6.03. The van der Waals surface area contributed by atoms with Gasteiger partial charge < -0.3 is 15.4 Å². The van der Waals surface area contributed by atoms with Crippen molar-refractivity contribution in [2.75, 3.05) is 17.2 Å². The van der Waals surface area contributed by atoms with Crippen LogP contribution in [-0.2, 0) is 4.79 Å². The predicted octanol–water partition coefficient (Wildman–Crippen LogP) is 7.91. The third-order valence-corrected chi connectivity index (χ3v) is 8.01. The fourth-order valence-corrected chi connectivity index (χ4v) is 5.68. The Hall–Kier alpha value is -3.75. The predicted molar refractivity (Wildman–Crippen MR) is 151 cm³/mol. The largest absolute Gasteiger partial charge is 0.490 e. The number of nitrogens with zero attached hydrogens (tertiary/aromatic N) is 2. The summed E-state index contributed by atoms with van der Waals surface area (Å²) in [5.41, 5.74) is 3.05. The van der Waals surface area contributed by atoms with Crippen LogP contribution in [0, 0.1) is 17.7 Å². The third-order valence-electron chi connectivity index (χ3n) is 8.01. The fraction of sp³-hybridized carbons (Fsp3) is 0.419. The van der Waals surface area contributed by atoms with Crippen LogP contribution < -0.4 is 15.4 Å². The number of hydrogen-bond acceptors (Lipinski definition) is 4. The van der Waals surface area contributed by atoms with Crippen molar-refractivity contribution in [2.24, 2.45) is 11.8 Å². The highest BCUT2D eigenvalue weighted by atomic mass is 19.3. The molecular weight excluding hydrogens is 517 g/mol. The minimum Gasteiger partial charge on any atom is -0.490 e. The van der Waals surface area contributed by atoms with Gasteiger partial charge in [-0.15, -0.1) is 0 Å². The zero-order valence-electron chi connectivity index (χ0n) is 23.0. The van der Waals surface area contributed by atoms with Gasteiger partial charge in [0.05, 0.1) is 12.3 Å². The molecule has 1 fully saturated rings. The van der Waals surface area contributed by atoms with E-state index >= 15 is 0 Å². The number of carbonyl (C=O) groups is 1. The molecular formula is C31H35F3N4O2. The number of anilines is 2. The maximum absolute atomic E-state index is 14.9. The molecule has 0 spiro atoms. The van der Waals surface area contributed by atoms with Crippen molar-refractivity contribution in [3.8, 4) is 16.9 Å². The van der Waals surface area contributed by atoms with E-state index in [2.05, 4.69) is 29.6 Å². The first kappa shape index (κ1) is 27.8. The first-order chi connectivity index (χ1) is 19.2. The van der Waals surface area contributed by atoms with Gasteiger partial charge in [0, 0.05) is 46.4 Å². The van der Waals surface area contributed by atoms with Gasteiger partial charge in [-0.2, -0.15) is 13.9 Å². The van der Waals surface area contributed by atoms with Crippen LogP contribution in [0.1, 0.15) is 65.0 Å². The van der Waals surface area contributed by atoms with Gasteiger partial charge in [0.25, 0.3) is 5.91 Å². The highest BCUT2D eigenvalue weighted by molar-refractivity contribution is 6.28. The number of hydrogen-bond donors (Lipinski definition) is 2. The SMILES string of the molecule is CC1=C(C(=O)Nc2ccc(OC3CCC[C@H](C(C)C)CC3)cc2)c2cc(-c3cnn(C(F)F)c3)c(F)cc2NC1. The van der Waals surface area contributed by atoms with E-state index in [-0.39, 0.29) is 23.1 Å². The number of aromatic nitrogens is 2. The normalized spacial score (nSPS) is 19.3. The Balaban J connectivity index is 1.30. The van der Waals surface area contributed by atoms with Crippen molar-refractivity contribution < 1.29 is 22.7 Å². The lowest BCUT2D eigenvalue weighted by Crippen LogP contribution is -2.22. The van der Waals surface area contributed by atoms with Crippen LogP contribution in [0.5, 0.6) is 5.75 Å². The first-order valence-electron chi connectivity index (χ1n) is 13.9. The number of fused-ring (bicyclic) bond motifs is 1. The molecule has 6 nitrogen and oxygen atoms in total. The molecule has 3 aromatic rings. The minimum atomic E-state index is -2.83. The van der Waals surface area contributed by atoms with Crippen molar-refractivity contribution in [3.63, 3.8) is 0 Å². The molecule has 2 heterocycles. The molecule has 212 valence electrons. The number of nitrogens with one attached hydrogen (secondary N) is 2. The molecule has 0 radical (unpaired) electrons. The standard InChI is InChI=1S/C31H35F3N4O2/c1-18(2)20-5-4-6-23(10-7-20)40-24-11-8-22(9-12-24)37-30(39)29-19(3)15-35-28-14-27(32)25(13-26(28)29)21-16-36-38(17-21)31(33)34/h8-9,11-14,16-18,20,23,31,35H,4-7,10,15H2,1-3H3,(H,37,39)/t20-,23?/m0/s1. The monoisotopic (exact) mass is 552 g/mol. The summed E-state index contributed by atoms with van der Waals surface area (Å²) in [6.07, 6.45) is 8.18. The zero-order chi connectivity index (χ0) is 28.4. The number of benzene rings is 2. The molecule has 2 N–H and O–H groups in total. The van der Waals surface area contributed by atoms with E-state index < -0.39 is 12.4 Å². The topological polar surface area (TPSA) is 68.2 Å². The van der Waals surface area contributed by atoms with Crippen molar-refractivity contribution >= 4 is 22.9 Å². The van der Waals surface area contributed by atoms with Crippen LogP contribution >= 0.6 is 0 Å². The van der Waals surface area contributed by atoms with Gasteiger partial charge in [-0.05, 0) is 86.4 Å². The molecule has 9 heteroatoms. The molecule has 1 saturated carbocycles. The van der Waals surface area contributed by atoms with E-state index in [4.69, 9.17) is 4.74 Å². The van der Waals surface area contributed by atoms with Crippen molar-refractivity contribution in [2.45, 2.75) is 65.5 Å². The van der Waals surface area contributed by atoms with Crippen LogP contribution in [0.25, 0.3) is 16.7 Å². The smallest absolute Gasteiger partial charge is 0.333 e. The second-order valence-electron chi connectivity index (χ2n) is 11.1. The van der Waals surface area contributed by atoms with Gasteiger partial charge in [0.1, 0.15) is 11.6 Å². The Bertz CT molecular complexity index is 1400. The van der Waals surface area contributed by atoms with Crippen LogP contribution in [0.15, 0.2) is 54.4 Å². The fourth-order valence-electron chi connectivity index (χ4n) is 5.68. The molecule has 0 saturated heterocycles. The average Bonchev–Trinajstić information content (AvgIpc) is 3.30. The summed E-state index contributed by atoms with van der Waals surface area (Å²) in [5, 5.41) is 9.69. The van der Waals surface area contributed by atoms with E-state index in [9.17, 15) is 18.0 Å². The molecule has 5 rings (SSSR count). The number of amides is 1. The number of halogens is 3. The van der Waals surface area contributed by atoms with E-state index in [0.717, 1.165) is 36.3 Å². The van der Waals surface area contributed by atoms with Gasteiger partial charge in [-0.3, -0.25) is 4.79 Å². The van der Waals surface area contributed by atoms with E-state index in [0.29, 0.717) is 39.7 Å².